The quantitative estimate of drug-likeness (QED) is 0.598. The van der Waals surface area contributed by atoms with Crippen LogP contribution in [0.3, 0.4) is 0 Å². The molecule has 0 spiro atoms. The van der Waals surface area contributed by atoms with Gasteiger partial charge in [0.15, 0.2) is 0 Å². The first-order valence-corrected chi connectivity index (χ1v) is 7.26. The van der Waals surface area contributed by atoms with Crippen LogP contribution in [0.2, 0.25) is 0 Å². The van der Waals surface area contributed by atoms with Crippen molar-refractivity contribution in [1.29, 1.82) is 0 Å². The van der Waals surface area contributed by atoms with Crippen molar-refractivity contribution < 1.29 is 17.6 Å². The van der Waals surface area contributed by atoms with Crippen molar-refractivity contribution >= 4 is 6.08 Å². The standard InChI is InChI=1S/C19H18F4/c1-12-8-13(2)10-16(9-12)17(19(21,22)23)7-6-15-5-4-14(3)18(20)11-15/h4-11,17H,1-3H3/b7-6+. The van der Waals surface area contributed by atoms with E-state index in [0.29, 0.717) is 11.1 Å². The number of benzene rings is 2. The zero-order chi connectivity index (χ0) is 17.2. The van der Waals surface area contributed by atoms with Crippen molar-refractivity contribution in [3.8, 4) is 0 Å². The Hall–Kier alpha value is -2.10. The highest BCUT2D eigenvalue weighted by Gasteiger charge is 2.39. The van der Waals surface area contributed by atoms with E-state index in [0.717, 1.165) is 17.2 Å². The van der Waals surface area contributed by atoms with Crippen LogP contribution in [-0.4, -0.2) is 6.18 Å². The Morgan fingerprint density at radius 2 is 1.52 bits per heavy atom. The molecule has 0 bridgehead atoms. The van der Waals surface area contributed by atoms with Crippen LogP contribution in [0.25, 0.3) is 6.08 Å². The van der Waals surface area contributed by atoms with Crippen LogP contribution in [0.4, 0.5) is 17.6 Å². The Morgan fingerprint density at radius 3 is 2.04 bits per heavy atom. The summed E-state index contributed by atoms with van der Waals surface area (Å²) in [6, 6.07) is 9.28. The lowest BCUT2D eigenvalue weighted by Crippen LogP contribution is -2.19. The lowest BCUT2D eigenvalue weighted by atomic mass is 9.94. The van der Waals surface area contributed by atoms with Crippen LogP contribution >= 0.6 is 0 Å². The second-order valence-electron chi connectivity index (χ2n) is 5.81. The van der Waals surface area contributed by atoms with E-state index in [4.69, 9.17) is 0 Å². The van der Waals surface area contributed by atoms with Crippen LogP contribution in [0.15, 0.2) is 42.5 Å². The van der Waals surface area contributed by atoms with Crippen molar-refractivity contribution in [1.82, 2.24) is 0 Å². The largest absolute Gasteiger partial charge is 0.399 e. The fourth-order valence-electron chi connectivity index (χ4n) is 2.52. The van der Waals surface area contributed by atoms with Crippen molar-refractivity contribution in [2.45, 2.75) is 32.9 Å². The van der Waals surface area contributed by atoms with Crippen LogP contribution in [0, 0.1) is 26.6 Å². The molecule has 0 amide bonds. The van der Waals surface area contributed by atoms with E-state index in [-0.39, 0.29) is 5.56 Å². The Labute approximate surface area is 133 Å². The van der Waals surface area contributed by atoms with Gasteiger partial charge in [0.2, 0.25) is 0 Å². The molecule has 0 saturated heterocycles. The molecular weight excluding hydrogens is 304 g/mol. The normalized spacial score (nSPS) is 13.5. The minimum Gasteiger partial charge on any atom is -0.207 e. The first-order valence-electron chi connectivity index (χ1n) is 7.26. The number of hydrogen-bond donors (Lipinski definition) is 0. The second-order valence-corrected chi connectivity index (χ2v) is 5.81. The van der Waals surface area contributed by atoms with Gasteiger partial charge >= 0.3 is 6.18 Å². The lowest BCUT2D eigenvalue weighted by molar-refractivity contribution is -0.139. The molecule has 2 rings (SSSR count). The molecule has 0 N–H and O–H groups in total. The third-order valence-electron chi connectivity index (χ3n) is 3.63. The molecule has 2 aromatic rings. The molecule has 0 radical (unpaired) electrons. The average molecular weight is 322 g/mol. The number of hydrogen-bond acceptors (Lipinski definition) is 0. The minimum atomic E-state index is -4.40. The van der Waals surface area contributed by atoms with E-state index in [1.807, 2.05) is 6.07 Å². The van der Waals surface area contributed by atoms with E-state index >= 15 is 0 Å². The predicted molar refractivity (Wildman–Crippen MR) is 84.9 cm³/mol. The van der Waals surface area contributed by atoms with Gasteiger partial charge in [0, 0.05) is 0 Å². The number of aryl methyl sites for hydroxylation is 3. The summed E-state index contributed by atoms with van der Waals surface area (Å²) in [6.07, 6.45) is -2.00. The summed E-state index contributed by atoms with van der Waals surface area (Å²) in [5, 5.41) is 0. The van der Waals surface area contributed by atoms with Crippen molar-refractivity contribution in [2.75, 3.05) is 0 Å². The van der Waals surface area contributed by atoms with Gasteiger partial charge in [-0.2, -0.15) is 13.2 Å². The highest BCUT2D eigenvalue weighted by atomic mass is 19.4. The van der Waals surface area contributed by atoms with Crippen molar-refractivity contribution in [2.24, 2.45) is 0 Å². The molecule has 122 valence electrons. The maximum absolute atomic E-state index is 13.5. The topological polar surface area (TPSA) is 0 Å². The second kappa shape index (κ2) is 6.57. The van der Waals surface area contributed by atoms with Gasteiger partial charge in [-0.3, -0.25) is 0 Å². The molecule has 0 heterocycles. The Kier molecular flexibility index (Phi) is 4.93. The van der Waals surface area contributed by atoms with E-state index in [1.165, 1.54) is 24.3 Å². The molecule has 0 aromatic heterocycles. The molecule has 0 nitrogen and oxygen atoms in total. The first kappa shape index (κ1) is 17.3. The van der Waals surface area contributed by atoms with Crippen LogP contribution in [-0.2, 0) is 0 Å². The minimum absolute atomic E-state index is 0.193. The molecule has 0 saturated carbocycles. The molecule has 2 aromatic carbocycles. The SMILES string of the molecule is Cc1cc(C)cc(C(/C=C/c2ccc(C)c(F)c2)C(F)(F)F)c1. The fourth-order valence-corrected chi connectivity index (χ4v) is 2.52. The molecule has 1 atom stereocenters. The van der Waals surface area contributed by atoms with Gasteiger partial charge in [0.05, 0.1) is 5.92 Å². The zero-order valence-electron chi connectivity index (χ0n) is 13.2. The van der Waals surface area contributed by atoms with Gasteiger partial charge in [-0.25, -0.2) is 4.39 Å². The highest BCUT2D eigenvalue weighted by Crippen LogP contribution is 2.37. The van der Waals surface area contributed by atoms with E-state index in [2.05, 4.69) is 0 Å². The number of alkyl halides is 3. The van der Waals surface area contributed by atoms with E-state index in [9.17, 15) is 17.6 Å². The number of allylic oxidation sites excluding steroid dienone is 1. The summed E-state index contributed by atoms with van der Waals surface area (Å²) in [5.74, 6) is -2.15. The zero-order valence-corrected chi connectivity index (χ0v) is 13.2. The van der Waals surface area contributed by atoms with E-state index in [1.54, 1.807) is 32.9 Å². The molecule has 0 aliphatic rings. The summed E-state index contributed by atoms with van der Waals surface area (Å²) in [5.41, 5.74) is 2.63. The highest BCUT2D eigenvalue weighted by molar-refractivity contribution is 5.52. The Bertz CT molecular complexity index is 706. The summed E-state index contributed by atoms with van der Waals surface area (Å²) < 4.78 is 53.7. The lowest BCUT2D eigenvalue weighted by Gasteiger charge is -2.18. The van der Waals surface area contributed by atoms with Crippen LogP contribution in [0.1, 0.15) is 33.7 Å². The molecule has 4 heteroatoms. The van der Waals surface area contributed by atoms with Gasteiger partial charge in [-0.1, -0.05) is 53.6 Å². The molecule has 0 aliphatic carbocycles. The maximum atomic E-state index is 13.5. The predicted octanol–water partition coefficient (Wildman–Crippen LogP) is 6.11. The Morgan fingerprint density at radius 1 is 0.913 bits per heavy atom. The van der Waals surface area contributed by atoms with Crippen LogP contribution < -0.4 is 0 Å². The van der Waals surface area contributed by atoms with E-state index < -0.39 is 17.9 Å². The van der Waals surface area contributed by atoms with Crippen molar-refractivity contribution in [3.63, 3.8) is 0 Å². The van der Waals surface area contributed by atoms with Crippen molar-refractivity contribution in [3.05, 3.63) is 76.1 Å². The first-order chi connectivity index (χ1) is 10.7. The fraction of sp³-hybridized carbons (Fsp3) is 0.263. The molecular formula is C19H18F4. The summed E-state index contributed by atoms with van der Waals surface area (Å²) in [4.78, 5) is 0. The van der Waals surface area contributed by atoms with Gasteiger partial charge < -0.3 is 0 Å². The average Bonchev–Trinajstić information content (AvgIpc) is 2.40. The maximum Gasteiger partial charge on any atom is 0.399 e. The van der Waals surface area contributed by atoms with Crippen LogP contribution in [0.5, 0.6) is 0 Å². The summed E-state index contributed by atoms with van der Waals surface area (Å²) in [6.45, 7) is 5.14. The van der Waals surface area contributed by atoms with Gasteiger partial charge in [0.25, 0.3) is 0 Å². The third kappa shape index (κ3) is 4.44. The van der Waals surface area contributed by atoms with Gasteiger partial charge in [-0.15, -0.1) is 0 Å². The summed E-state index contributed by atoms with van der Waals surface area (Å²) in [7, 11) is 0. The number of halogens is 4. The molecule has 0 fully saturated rings. The summed E-state index contributed by atoms with van der Waals surface area (Å²) >= 11 is 0. The monoisotopic (exact) mass is 322 g/mol. The number of rotatable bonds is 3. The Balaban J connectivity index is 2.39. The van der Waals surface area contributed by atoms with Gasteiger partial charge in [-0.05, 0) is 43.5 Å². The smallest absolute Gasteiger partial charge is 0.207 e. The van der Waals surface area contributed by atoms with Gasteiger partial charge in [0.1, 0.15) is 5.82 Å². The molecule has 1 unspecified atom stereocenters. The molecule has 23 heavy (non-hydrogen) atoms. The molecule has 0 aliphatic heterocycles. The third-order valence-corrected chi connectivity index (χ3v) is 3.63.